The highest BCUT2D eigenvalue weighted by molar-refractivity contribution is 5.38. The Bertz CT molecular complexity index is 143. The number of rotatable bonds is 7. The highest BCUT2D eigenvalue weighted by atomic mass is 16.5. The van der Waals surface area contributed by atoms with Gasteiger partial charge in [-0.05, 0) is 32.1 Å². The first kappa shape index (κ1) is 12.5. The standard InChI is InChI=1S/C11H22O2/c1-5-11(4,13-9-12)8-6-7-10(2)3/h9-10H,5-8H2,1-4H3/t11-/m1/s1. The van der Waals surface area contributed by atoms with Crippen molar-refractivity contribution in [2.45, 2.75) is 59.0 Å². The molecule has 0 fully saturated rings. The van der Waals surface area contributed by atoms with E-state index in [9.17, 15) is 4.79 Å². The summed E-state index contributed by atoms with van der Waals surface area (Å²) in [4.78, 5) is 10.3. The molecule has 0 heterocycles. The predicted octanol–water partition coefficient (Wildman–Crippen LogP) is 3.15. The van der Waals surface area contributed by atoms with E-state index >= 15 is 0 Å². The Labute approximate surface area is 81.7 Å². The molecule has 13 heavy (non-hydrogen) atoms. The van der Waals surface area contributed by atoms with Crippen LogP contribution in [0.1, 0.15) is 53.4 Å². The molecule has 0 saturated carbocycles. The third kappa shape index (κ3) is 5.67. The predicted molar refractivity (Wildman–Crippen MR) is 54.5 cm³/mol. The largest absolute Gasteiger partial charge is 0.462 e. The van der Waals surface area contributed by atoms with Crippen molar-refractivity contribution in [2.75, 3.05) is 0 Å². The molecule has 0 rings (SSSR count). The lowest BCUT2D eigenvalue weighted by Crippen LogP contribution is -2.27. The van der Waals surface area contributed by atoms with E-state index in [1.807, 2.05) is 6.92 Å². The van der Waals surface area contributed by atoms with Crippen LogP contribution >= 0.6 is 0 Å². The maximum absolute atomic E-state index is 10.3. The van der Waals surface area contributed by atoms with Crippen LogP contribution in [0.25, 0.3) is 0 Å². The third-order valence-corrected chi connectivity index (χ3v) is 2.57. The van der Waals surface area contributed by atoms with E-state index in [4.69, 9.17) is 4.74 Å². The van der Waals surface area contributed by atoms with Crippen LogP contribution in [0.2, 0.25) is 0 Å². The van der Waals surface area contributed by atoms with Crippen LogP contribution in [0.5, 0.6) is 0 Å². The van der Waals surface area contributed by atoms with Crippen LogP contribution < -0.4 is 0 Å². The lowest BCUT2D eigenvalue weighted by atomic mass is 9.93. The van der Waals surface area contributed by atoms with E-state index in [-0.39, 0.29) is 5.60 Å². The molecule has 0 N–H and O–H groups in total. The minimum Gasteiger partial charge on any atom is -0.462 e. The Hall–Kier alpha value is -0.530. The van der Waals surface area contributed by atoms with Crippen LogP contribution in [-0.2, 0) is 9.53 Å². The molecular weight excluding hydrogens is 164 g/mol. The van der Waals surface area contributed by atoms with Gasteiger partial charge in [0, 0.05) is 0 Å². The Kier molecular flexibility index (Phi) is 5.76. The second-order valence-electron chi connectivity index (χ2n) is 4.30. The van der Waals surface area contributed by atoms with Crippen molar-refractivity contribution in [1.29, 1.82) is 0 Å². The van der Waals surface area contributed by atoms with Gasteiger partial charge in [0.2, 0.25) is 0 Å². The zero-order chi connectivity index (χ0) is 10.3. The van der Waals surface area contributed by atoms with Gasteiger partial charge in [0.25, 0.3) is 6.47 Å². The number of hydrogen-bond acceptors (Lipinski definition) is 2. The Balaban J connectivity index is 3.76. The molecule has 0 bridgehead atoms. The first-order valence-electron chi connectivity index (χ1n) is 5.15. The van der Waals surface area contributed by atoms with E-state index in [1.165, 1.54) is 6.42 Å². The second kappa shape index (κ2) is 6.01. The molecule has 0 unspecified atom stereocenters. The van der Waals surface area contributed by atoms with Crippen LogP contribution in [-0.4, -0.2) is 12.1 Å². The number of hydrogen-bond donors (Lipinski definition) is 0. The fourth-order valence-electron chi connectivity index (χ4n) is 1.32. The Morgan fingerprint density at radius 1 is 1.46 bits per heavy atom. The number of carbonyl (C=O) groups excluding carboxylic acids is 1. The first-order valence-corrected chi connectivity index (χ1v) is 5.15. The van der Waals surface area contributed by atoms with Crippen molar-refractivity contribution in [3.8, 4) is 0 Å². The quantitative estimate of drug-likeness (QED) is 0.571. The van der Waals surface area contributed by atoms with Gasteiger partial charge in [-0.2, -0.15) is 0 Å². The average Bonchev–Trinajstić information content (AvgIpc) is 2.04. The molecule has 0 aromatic carbocycles. The average molecular weight is 186 g/mol. The molecule has 0 aromatic heterocycles. The van der Waals surface area contributed by atoms with Gasteiger partial charge in [-0.1, -0.05) is 27.2 Å². The van der Waals surface area contributed by atoms with E-state index in [0.29, 0.717) is 6.47 Å². The SMILES string of the molecule is CC[C@](C)(CCCC(C)C)OC=O. The van der Waals surface area contributed by atoms with Gasteiger partial charge in [0.05, 0.1) is 0 Å². The molecule has 78 valence electrons. The minimum atomic E-state index is -0.239. The summed E-state index contributed by atoms with van der Waals surface area (Å²) < 4.78 is 5.08. The summed E-state index contributed by atoms with van der Waals surface area (Å²) >= 11 is 0. The van der Waals surface area contributed by atoms with Gasteiger partial charge < -0.3 is 4.74 Å². The zero-order valence-corrected chi connectivity index (χ0v) is 9.30. The molecular formula is C11H22O2. The van der Waals surface area contributed by atoms with Gasteiger partial charge in [0.15, 0.2) is 0 Å². The smallest absolute Gasteiger partial charge is 0.293 e. The summed E-state index contributed by atoms with van der Waals surface area (Å²) in [5.41, 5.74) is -0.239. The maximum Gasteiger partial charge on any atom is 0.293 e. The van der Waals surface area contributed by atoms with E-state index in [1.54, 1.807) is 0 Å². The van der Waals surface area contributed by atoms with E-state index in [0.717, 1.165) is 25.2 Å². The molecule has 1 atom stereocenters. The normalized spacial score (nSPS) is 15.5. The molecule has 0 saturated heterocycles. The molecule has 2 nitrogen and oxygen atoms in total. The molecule has 0 aliphatic rings. The van der Waals surface area contributed by atoms with E-state index < -0.39 is 0 Å². The van der Waals surface area contributed by atoms with Crippen LogP contribution in [0.4, 0.5) is 0 Å². The van der Waals surface area contributed by atoms with Crippen LogP contribution in [0.15, 0.2) is 0 Å². The Morgan fingerprint density at radius 2 is 2.08 bits per heavy atom. The van der Waals surface area contributed by atoms with Gasteiger partial charge in [0.1, 0.15) is 5.60 Å². The fraction of sp³-hybridized carbons (Fsp3) is 0.909. The number of ether oxygens (including phenoxy) is 1. The summed E-state index contributed by atoms with van der Waals surface area (Å²) in [6.45, 7) is 9.05. The molecule has 0 spiro atoms. The maximum atomic E-state index is 10.3. The summed E-state index contributed by atoms with van der Waals surface area (Å²) in [6.07, 6.45) is 4.21. The molecule has 0 radical (unpaired) electrons. The fourth-order valence-corrected chi connectivity index (χ4v) is 1.32. The van der Waals surface area contributed by atoms with Gasteiger partial charge >= 0.3 is 0 Å². The van der Waals surface area contributed by atoms with Gasteiger partial charge in [-0.25, -0.2) is 0 Å². The second-order valence-corrected chi connectivity index (χ2v) is 4.30. The summed E-state index contributed by atoms with van der Waals surface area (Å²) in [5.74, 6) is 0.734. The molecule has 0 aromatic rings. The lowest BCUT2D eigenvalue weighted by Gasteiger charge is -2.26. The lowest BCUT2D eigenvalue weighted by molar-refractivity contribution is -0.143. The van der Waals surface area contributed by atoms with Crippen LogP contribution in [0, 0.1) is 5.92 Å². The summed E-state index contributed by atoms with van der Waals surface area (Å²) in [6, 6.07) is 0. The zero-order valence-electron chi connectivity index (χ0n) is 9.30. The highest BCUT2D eigenvalue weighted by Gasteiger charge is 2.22. The van der Waals surface area contributed by atoms with Crippen molar-refractivity contribution in [3.05, 3.63) is 0 Å². The summed E-state index contributed by atoms with van der Waals surface area (Å²) in [5, 5.41) is 0. The minimum absolute atomic E-state index is 0.239. The summed E-state index contributed by atoms with van der Waals surface area (Å²) in [7, 11) is 0. The monoisotopic (exact) mass is 186 g/mol. The van der Waals surface area contributed by atoms with Gasteiger partial charge in [-0.15, -0.1) is 0 Å². The van der Waals surface area contributed by atoms with Crippen LogP contribution in [0.3, 0.4) is 0 Å². The molecule has 2 heteroatoms. The van der Waals surface area contributed by atoms with Crippen molar-refractivity contribution >= 4 is 6.47 Å². The topological polar surface area (TPSA) is 26.3 Å². The van der Waals surface area contributed by atoms with Crippen molar-refractivity contribution < 1.29 is 9.53 Å². The number of carbonyl (C=O) groups is 1. The highest BCUT2D eigenvalue weighted by Crippen LogP contribution is 2.22. The molecule has 0 aliphatic carbocycles. The van der Waals surface area contributed by atoms with Crippen molar-refractivity contribution in [1.82, 2.24) is 0 Å². The third-order valence-electron chi connectivity index (χ3n) is 2.57. The Morgan fingerprint density at radius 3 is 2.46 bits per heavy atom. The molecule has 0 amide bonds. The van der Waals surface area contributed by atoms with Crippen molar-refractivity contribution in [3.63, 3.8) is 0 Å². The van der Waals surface area contributed by atoms with E-state index in [2.05, 4.69) is 20.8 Å². The first-order chi connectivity index (χ1) is 6.04. The van der Waals surface area contributed by atoms with Crippen molar-refractivity contribution in [2.24, 2.45) is 5.92 Å². The molecule has 0 aliphatic heterocycles. The van der Waals surface area contributed by atoms with Gasteiger partial charge in [-0.3, -0.25) is 4.79 Å².